The third-order valence-electron chi connectivity index (χ3n) is 2.41. The van der Waals surface area contributed by atoms with Crippen LogP contribution < -0.4 is 5.73 Å². The Kier molecular flexibility index (Phi) is 2.92. The Morgan fingerprint density at radius 1 is 1.06 bits per heavy atom. The molecule has 0 radical (unpaired) electrons. The van der Waals surface area contributed by atoms with Crippen molar-refractivity contribution in [3.8, 4) is 11.3 Å². The van der Waals surface area contributed by atoms with E-state index in [1.54, 1.807) is 0 Å². The highest BCUT2D eigenvalue weighted by molar-refractivity contribution is 9.10. The molecule has 2 rings (SSSR count). The maximum absolute atomic E-state index is 5.83. The molecule has 0 amide bonds. The zero-order chi connectivity index (χ0) is 11.7. The summed E-state index contributed by atoms with van der Waals surface area (Å²) in [6, 6.07) is 8.00. The lowest BCUT2D eigenvalue weighted by Gasteiger charge is -2.08. The second-order valence-corrected chi connectivity index (χ2v) is 4.55. The summed E-state index contributed by atoms with van der Waals surface area (Å²) in [5, 5.41) is 0. The predicted molar refractivity (Wildman–Crippen MR) is 69.1 cm³/mol. The van der Waals surface area contributed by atoms with Crippen LogP contribution in [-0.4, -0.2) is 9.97 Å². The Morgan fingerprint density at radius 2 is 1.69 bits per heavy atom. The van der Waals surface area contributed by atoms with E-state index in [2.05, 4.69) is 25.9 Å². The van der Waals surface area contributed by atoms with E-state index < -0.39 is 0 Å². The van der Waals surface area contributed by atoms with Crippen LogP contribution in [0.5, 0.6) is 0 Å². The molecule has 0 atom stereocenters. The molecule has 16 heavy (non-hydrogen) atoms. The molecular weight excluding hydrogens is 266 g/mol. The lowest BCUT2D eigenvalue weighted by molar-refractivity contribution is 1.05. The van der Waals surface area contributed by atoms with E-state index in [1.165, 1.54) is 0 Å². The van der Waals surface area contributed by atoms with E-state index in [1.807, 2.05) is 38.1 Å². The summed E-state index contributed by atoms with van der Waals surface area (Å²) in [5.41, 5.74) is 8.71. The van der Waals surface area contributed by atoms with Gasteiger partial charge in [0.15, 0.2) is 0 Å². The number of benzene rings is 1. The molecule has 2 N–H and O–H groups in total. The van der Waals surface area contributed by atoms with Gasteiger partial charge in [0.05, 0.1) is 5.69 Å². The normalized spacial score (nSPS) is 10.4. The number of hydrogen-bond acceptors (Lipinski definition) is 3. The summed E-state index contributed by atoms with van der Waals surface area (Å²) in [4.78, 5) is 8.56. The molecule has 0 bridgehead atoms. The predicted octanol–water partition coefficient (Wildman–Crippen LogP) is 3.11. The lowest BCUT2D eigenvalue weighted by Crippen LogP contribution is -2.01. The maximum atomic E-state index is 5.83. The Bertz CT molecular complexity index is 521. The number of nitrogen functional groups attached to an aromatic ring is 1. The first-order valence-electron chi connectivity index (χ1n) is 4.94. The van der Waals surface area contributed by atoms with E-state index in [4.69, 9.17) is 5.73 Å². The Morgan fingerprint density at radius 3 is 2.31 bits per heavy atom. The van der Waals surface area contributed by atoms with E-state index in [0.29, 0.717) is 11.6 Å². The molecule has 1 aromatic carbocycles. The molecule has 1 heterocycles. The number of hydrogen-bond donors (Lipinski definition) is 1. The van der Waals surface area contributed by atoms with Gasteiger partial charge in [-0.15, -0.1) is 0 Å². The van der Waals surface area contributed by atoms with Crippen molar-refractivity contribution in [3.05, 3.63) is 40.1 Å². The molecule has 0 saturated heterocycles. The van der Waals surface area contributed by atoms with Gasteiger partial charge in [-0.05, 0) is 26.0 Å². The smallest absolute Gasteiger partial charge is 0.130 e. The second-order valence-electron chi connectivity index (χ2n) is 3.64. The molecule has 3 nitrogen and oxygen atoms in total. The van der Waals surface area contributed by atoms with Gasteiger partial charge < -0.3 is 5.73 Å². The highest BCUT2D eigenvalue weighted by Gasteiger charge is 2.08. The van der Waals surface area contributed by atoms with Crippen LogP contribution in [0, 0.1) is 13.8 Å². The number of nitrogens with zero attached hydrogens (tertiary/aromatic N) is 2. The van der Waals surface area contributed by atoms with E-state index in [9.17, 15) is 0 Å². The minimum Gasteiger partial charge on any atom is -0.383 e. The fourth-order valence-corrected chi connectivity index (χ4v) is 1.80. The molecule has 0 unspecified atom stereocenters. The average molecular weight is 278 g/mol. The zero-order valence-corrected chi connectivity index (χ0v) is 10.7. The standard InChI is InChI=1S/C12H12BrN3/c1-7-11(15-8(2)16-12(7)14)9-3-5-10(13)6-4-9/h3-6H,1-2H3,(H2,14,15,16). The topological polar surface area (TPSA) is 51.8 Å². The van der Waals surface area contributed by atoms with E-state index >= 15 is 0 Å². The monoisotopic (exact) mass is 277 g/mol. The van der Waals surface area contributed by atoms with Crippen LogP contribution in [-0.2, 0) is 0 Å². The number of rotatable bonds is 1. The minimum atomic E-state index is 0.547. The first kappa shape index (κ1) is 11.1. The van der Waals surface area contributed by atoms with Crippen molar-refractivity contribution in [1.29, 1.82) is 0 Å². The molecule has 2 aromatic rings. The Hall–Kier alpha value is -1.42. The Labute approximate surface area is 103 Å². The first-order valence-corrected chi connectivity index (χ1v) is 5.74. The molecule has 0 aliphatic heterocycles. The van der Waals surface area contributed by atoms with Crippen LogP contribution in [0.15, 0.2) is 28.7 Å². The van der Waals surface area contributed by atoms with Gasteiger partial charge in [0.25, 0.3) is 0 Å². The molecule has 0 aliphatic carbocycles. The molecule has 4 heteroatoms. The molecule has 0 fully saturated rings. The molecule has 1 aromatic heterocycles. The highest BCUT2D eigenvalue weighted by atomic mass is 79.9. The Balaban J connectivity index is 2.59. The summed E-state index contributed by atoms with van der Waals surface area (Å²) in [7, 11) is 0. The number of nitrogens with two attached hydrogens (primary N) is 1. The van der Waals surface area contributed by atoms with Crippen molar-refractivity contribution in [2.45, 2.75) is 13.8 Å². The van der Waals surface area contributed by atoms with Gasteiger partial charge in [0, 0.05) is 15.6 Å². The van der Waals surface area contributed by atoms with Crippen molar-refractivity contribution in [1.82, 2.24) is 9.97 Å². The third-order valence-corrected chi connectivity index (χ3v) is 2.94. The quantitative estimate of drug-likeness (QED) is 0.872. The van der Waals surface area contributed by atoms with Crippen LogP contribution >= 0.6 is 15.9 Å². The van der Waals surface area contributed by atoms with Crippen LogP contribution in [0.3, 0.4) is 0 Å². The molecule has 82 valence electrons. The van der Waals surface area contributed by atoms with E-state index in [-0.39, 0.29) is 0 Å². The van der Waals surface area contributed by atoms with Crippen molar-refractivity contribution in [2.75, 3.05) is 5.73 Å². The maximum Gasteiger partial charge on any atom is 0.130 e. The SMILES string of the molecule is Cc1nc(N)c(C)c(-c2ccc(Br)cc2)n1. The van der Waals surface area contributed by atoms with Crippen LogP contribution in [0.4, 0.5) is 5.82 Å². The van der Waals surface area contributed by atoms with E-state index in [0.717, 1.165) is 21.3 Å². The molecule has 0 saturated carbocycles. The van der Waals surface area contributed by atoms with Crippen molar-refractivity contribution in [2.24, 2.45) is 0 Å². The summed E-state index contributed by atoms with van der Waals surface area (Å²) in [6.07, 6.45) is 0. The van der Waals surface area contributed by atoms with Crippen molar-refractivity contribution in [3.63, 3.8) is 0 Å². The zero-order valence-electron chi connectivity index (χ0n) is 9.16. The molecular formula is C12H12BrN3. The number of anilines is 1. The second kappa shape index (κ2) is 4.22. The van der Waals surface area contributed by atoms with Gasteiger partial charge >= 0.3 is 0 Å². The largest absolute Gasteiger partial charge is 0.383 e. The summed E-state index contributed by atoms with van der Waals surface area (Å²) >= 11 is 3.41. The number of aromatic nitrogens is 2. The number of halogens is 1. The fraction of sp³-hybridized carbons (Fsp3) is 0.167. The van der Waals surface area contributed by atoms with Crippen molar-refractivity contribution >= 4 is 21.7 Å². The van der Waals surface area contributed by atoms with Gasteiger partial charge in [0.1, 0.15) is 11.6 Å². The fourth-order valence-electron chi connectivity index (χ4n) is 1.54. The van der Waals surface area contributed by atoms with Gasteiger partial charge in [-0.2, -0.15) is 0 Å². The van der Waals surface area contributed by atoms with Crippen LogP contribution in [0.1, 0.15) is 11.4 Å². The summed E-state index contributed by atoms with van der Waals surface area (Å²) < 4.78 is 1.05. The van der Waals surface area contributed by atoms with Crippen molar-refractivity contribution < 1.29 is 0 Å². The third kappa shape index (κ3) is 2.07. The molecule has 0 aliphatic rings. The van der Waals surface area contributed by atoms with Crippen LogP contribution in [0.2, 0.25) is 0 Å². The summed E-state index contributed by atoms with van der Waals surface area (Å²) in [5.74, 6) is 1.24. The lowest BCUT2D eigenvalue weighted by atomic mass is 10.1. The highest BCUT2D eigenvalue weighted by Crippen LogP contribution is 2.25. The molecule has 0 spiro atoms. The number of aryl methyl sites for hydroxylation is 1. The average Bonchev–Trinajstić information content (AvgIpc) is 2.25. The van der Waals surface area contributed by atoms with Gasteiger partial charge in [-0.25, -0.2) is 9.97 Å². The van der Waals surface area contributed by atoms with Crippen LogP contribution in [0.25, 0.3) is 11.3 Å². The van der Waals surface area contributed by atoms with Gasteiger partial charge in [-0.1, -0.05) is 28.1 Å². The van der Waals surface area contributed by atoms with Gasteiger partial charge in [0.2, 0.25) is 0 Å². The summed E-state index contributed by atoms with van der Waals surface area (Å²) in [6.45, 7) is 3.78. The van der Waals surface area contributed by atoms with Gasteiger partial charge in [-0.3, -0.25) is 0 Å². The first-order chi connectivity index (χ1) is 7.58. The minimum absolute atomic E-state index is 0.547.